The molecule has 0 bridgehead atoms. The molecule has 1 aliphatic rings. The van der Waals surface area contributed by atoms with Crippen LogP contribution >= 0.6 is 38.8 Å². The first kappa shape index (κ1) is 17.8. The van der Waals surface area contributed by atoms with E-state index in [1.165, 1.54) is 6.07 Å². The number of nitrogens with zero attached hydrogens (tertiary/aromatic N) is 1. The molecule has 0 aromatic heterocycles. The molecule has 1 saturated carbocycles. The molecule has 1 aliphatic carbocycles. The third kappa shape index (κ3) is 4.48. The molecule has 0 aliphatic heterocycles. The van der Waals surface area contributed by atoms with E-state index >= 15 is 0 Å². The Hall–Kier alpha value is -0.540. The fourth-order valence-electron chi connectivity index (χ4n) is 2.69. The van der Waals surface area contributed by atoms with Gasteiger partial charge in [0.2, 0.25) is 5.78 Å². The van der Waals surface area contributed by atoms with Crippen LogP contribution < -0.4 is 11.1 Å². The minimum absolute atomic E-state index is 0.00675. The van der Waals surface area contributed by atoms with Crippen molar-refractivity contribution >= 4 is 56.1 Å². The van der Waals surface area contributed by atoms with Gasteiger partial charge in [0.1, 0.15) is 5.82 Å². The van der Waals surface area contributed by atoms with Crippen molar-refractivity contribution in [2.45, 2.75) is 25.7 Å². The van der Waals surface area contributed by atoms with Crippen LogP contribution in [0.4, 0.5) is 10.1 Å². The van der Waals surface area contributed by atoms with Gasteiger partial charge >= 0.3 is 0 Å². The molecule has 120 valence electrons. The van der Waals surface area contributed by atoms with E-state index in [1.807, 2.05) is 22.9 Å². The first-order valence-corrected chi connectivity index (χ1v) is 8.96. The molecule has 2 rings (SSSR count). The van der Waals surface area contributed by atoms with Crippen LogP contribution in [0.5, 0.6) is 0 Å². The number of benzene rings is 1. The average molecular weight is 482 g/mol. The molecule has 0 amide bonds. The maximum absolute atomic E-state index is 13.3. The summed E-state index contributed by atoms with van der Waals surface area (Å²) in [6.07, 6.45) is 3.68. The minimum atomic E-state index is -0.343. The van der Waals surface area contributed by atoms with Gasteiger partial charge in [0.25, 0.3) is 0 Å². The Bertz CT molecular complexity index is 574. The third-order valence-electron chi connectivity index (χ3n) is 4.05. The number of hydrogen-bond acceptors (Lipinski definition) is 3. The number of nitrogens with two attached hydrogens (primary N) is 1. The summed E-state index contributed by atoms with van der Waals surface area (Å²) < 4.78 is 17.6. The molecule has 22 heavy (non-hydrogen) atoms. The number of amidine groups is 1. The van der Waals surface area contributed by atoms with Crippen LogP contribution in [0.1, 0.15) is 25.7 Å². The highest BCUT2D eigenvalue weighted by molar-refractivity contribution is 14.1. The maximum Gasteiger partial charge on any atom is 0.201 e. The maximum atomic E-state index is 13.3. The molecule has 0 radical (unpaired) electrons. The first-order valence-electron chi connectivity index (χ1n) is 7.20. The van der Waals surface area contributed by atoms with E-state index in [4.69, 9.17) is 5.73 Å². The van der Waals surface area contributed by atoms with Crippen molar-refractivity contribution in [2.24, 2.45) is 20.8 Å². The predicted molar refractivity (Wildman–Crippen MR) is 98.7 cm³/mol. The van der Waals surface area contributed by atoms with E-state index in [9.17, 15) is 9.18 Å². The highest BCUT2D eigenvalue weighted by atomic mass is 127. The Kier molecular flexibility index (Phi) is 6.76. The van der Waals surface area contributed by atoms with E-state index in [2.05, 4.69) is 24.5 Å². The fourth-order valence-corrected chi connectivity index (χ4v) is 3.43. The smallest absolute Gasteiger partial charge is 0.201 e. The molecule has 7 heteroatoms. The highest BCUT2D eigenvalue weighted by Gasteiger charge is 2.28. The van der Waals surface area contributed by atoms with E-state index in [-0.39, 0.29) is 17.5 Å². The Labute approximate surface area is 151 Å². The number of rotatable bonds is 4. The topological polar surface area (TPSA) is 67.5 Å². The van der Waals surface area contributed by atoms with E-state index in [1.54, 1.807) is 12.1 Å². The van der Waals surface area contributed by atoms with Gasteiger partial charge in [0, 0.05) is 11.6 Å². The van der Waals surface area contributed by atoms with Crippen molar-refractivity contribution in [3.05, 3.63) is 28.5 Å². The van der Waals surface area contributed by atoms with Crippen LogP contribution in [0, 0.1) is 17.7 Å². The number of halogens is 3. The summed E-state index contributed by atoms with van der Waals surface area (Å²) in [7, 11) is 0. The fraction of sp³-hybridized carbons (Fsp3) is 0.467. The quantitative estimate of drug-likeness (QED) is 0.386. The summed E-state index contributed by atoms with van der Waals surface area (Å²) in [5.74, 6) is 0.517. The number of Topliss-reactive ketones (excluding diaryl/α,β-unsaturated/α-hetero) is 1. The second-order valence-electron chi connectivity index (χ2n) is 5.50. The van der Waals surface area contributed by atoms with E-state index < -0.39 is 0 Å². The first-order chi connectivity index (χ1) is 10.5. The van der Waals surface area contributed by atoms with Gasteiger partial charge in [-0.25, -0.2) is 4.39 Å². The lowest BCUT2D eigenvalue weighted by atomic mass is 9.80. The van der Waals surface area contributed by atoms with Gasteiger partial charge in [-0.2, -0.15) is 3.21 Å². The number of ketones is 1. The third-order valence-corrected chi connectivity index (χ3v) is 5.14. The van der Waals surface area contributed by atoms with Crippen LogP contribution in [0.2, 0.25) is 0 Å². The summed E-state index contributed by atoms with van der Waals surface area (Å²) in [5, 5.41) is 2.99. The highest BCUT2D eigenvalue weighted by Crippen LogP contribution is 2.29. The number of nitrogens with one attached hydrogen (secondary N) is 1. The Morgan fingerprint density at radius 1 is 1.41 bits per heavy atom. The van der Waals surface area contributed by atoms with Crippen LogP contribution in [0.25, 0.3) is 0 Å². The van der Waals surface area contributed by atoms with Gasteiger partial charge in [0.05, 0.1) is 27.3 Å². The van der Waals surface area contributed by atoms with E-state index in [0.717, 1.165) is 25.7 Å². The molecular formula is C15H18BrFIN3O. The van der Waals surface area contributed by atoms with Crippen LogP contribution in [-0.2, 0) is 4.79 Å². The minimum Gasteiger partial charge on any atom is -0.337 e. The van der Waals surface area contributed by atoms with Gasteiger partial charge < -0.3 is 11.1 Å². The number of carbonyl (C=O) groups is 1. The molecule has 3 N–H and O–H groups in total. The lowest BCUT2D eigenvalue weighted by Crippen LogP contribution is -2.33. The second-order valence-corrected chi connectivity index (χ2v) is 6.84. The van der Waals surface area contributed by atoms with Crippen LogP contribution in [0.15, 0.2) is 25.9 Å². The lowest BCUT2D eigenvalue weighted by molar-refractivity contribution is -0.117. The summed E-state index contributed by atoms with van der Waals surface area (Å²) in [4.78, 5) is 12.6. The van der Waals surface area contributed by atoms with Crippen molar-refractivity contribution in [1.29, 1.82) is 0 Å². The van der Waals surface area contributed by atoms with E-state index in [0.29, 0.717) is 28.5 Å². The summed E-state index contributed by atoms with van der Waals surface area (Å²) in [6.45, 7) is 0.690. The van der Waals surface area contributed by atoms with Crippen LogP contribution in [0.3, 0.4) is 0 Å². The molecule has 0 spiro atoms. The molecule has 1 aromatic carbocycles. The van der Waals surface area contributed by atoms with Crippen molar-refractivity contribution < 1.29 is 9.18 Å². The largest absolute Gasteiger partial charge is 0.337 e. The lowest BCUT2D eigenvalue weighted by Gasteiger charge is -2.26. The number of carbonyl (C=O) groups excluding carboxylic acids is 1. The monoisotopic (exact) mass is 481 g/mol. The predicted octanol–water partition coefficient (Wildman–Crippen LogP) is 4.08. The molecule has 0 unspecified atom stereocenters. The molecule has 1 fully saturated rings. The molecule has 0 heterocycles. The Morgan fingerprint density at radius 2 is 2.09 bits per heavy atom. The molecular weight excluding hydrogens is 464 g/mol. The summed E-state index contributed by atoms with van der Waals surface area (Å²) in [5.41, 5.74) is 6.31. The molecule has 4 nitrogen and oxygen atoms in total. The summed E-state index contributed by atoms with van der Waals surface area (Å²) >= 11 is 4.95. The Balaban J connectivity index is 2.02. The normalized spacial score (nSPS) is 22.5. The van der Waals surface area contributed by atoms with Gasteiger partial charge in [-0.15, -0.1) is 0 Å². The zero-order valence-corrected chi connectivity index (χ0v) is 15.7. The van der Waals surface area contributed by atoms with Crippen LogP contribution in [-0.4, -0.2) is 18.2 Å². The summed E-state index contributed by atoms with van der Waals surface area (Å²) in [6, 6.07) is 4.52. The molecule has 0 atom stereocenters. The zero-order valence-electron chi connectivity index (χ0n) is 12.0. The van der Waals surface area contributed by atoms with Gasteiger partial charge in [-0.3, -0.25) is 4.79 Å². The van der Waals surface area contributed by atoms with Crippen molar-refractivity contribution in [3.8, 4) is 0 Å². The zero-order chi connectivity index (χ0) is 16.1. The SMILES string of the molecule is NCC1CCC(C(=O)C(=NI)Nc2ccc(F)c(Br)c2)CC1. The number of hydrogen-bond donors (Lipinski definition) is 2. The number of anilines is 1. The molecule has 0 saturated heterocycles. The van der Waals surface area contributed by atoms with Crippen molar-refractivity contribution in [3.63, 3.8) is 0 Å². The Morgan fingerprint density at radius 3 is 2.64 bits per heavy atom. The van der Waals surface area contributed by atoms with Gasteiger partial charge in [-0.05, 0) is 72.3 Å². The van der Waals surface area contributed by atoms with Gasteiger partial charge in [-0.1, -0.05) is 0 Å². The van der Waals surface area contributed by atoms with Crippen molar-refractivity contribution in [1.82, 2.24) is 0 Å². The standard InChI is InChI=1S/C15H18BrFIN3O/c16-12-7-11(5-6-13(12)17)20-15(21-18)14(22)10-3-1-9(8-19)2-4-10/h5-7,9-10H,1-4,8,19H2,(H,20,21). The second kappa shape index (κ2) is 8.35. The average Bonchev–Trinajstić information content (AvgIpc) is 2.55. The van der Waals surface area contributed by atoms with Crippen molar-refractivity contribution in [2.75, 3.05) is 11.9 Å². The van der Waals surface area contributed by atoms with Gasteiger partial charge in [0.15, 0.2) is 5.84 Å². The molecule has 1 aromatic rings.